The van der Waals surface area contributed by atoms with Crippen LogP contribution in [0.1, 0.15) is 71.9 Å². The van der Waals surface area contributed by atoms with E-state index in [0.717, 1.165) is 49.4 Å². The van der Waals surface area contributed by atoms with Gasteiger partial charge in [0.15, 0.2) is 0 Å². The van der Waals surface area contributed by atoms with Crippen molar-refractivity contribution < 1.29 is 9.59 Å². The first-order valence-electron chi connectivity index (χ1n) is 11.5. The maximum absolute atomic E-state index is 12.8. The van der Waals surface area contributed by atoms with Crippen LogP contribution in [0.2, 0.25) is 0 Å². The monoisotopic (exact) mass is 420 g/mol. The van der Waals surface area contributed by atoms with Crippen LogP contribution < -0.4 is 5.32 Å². The number of hydrogen-bond donors (Lipinski definition) is 1. The van der Waals surface area contributed by atoms with Gasteiger partial charge in [-0.2, -0.15) is 0 Å². The maximum Gasteiger partial charge on any atom is 0.270 e. The van der Waals surface area contributed by atoms with Gasteiger partial charge >= 0.3 is 0 Å². The number of benzene rings is 1. The number of Topliss-reactive ketones (excluding diaryl/α,β-unsaturated/α-hetero) is 1. The van der Waals surface area contributed by atoms with Gasteiger partial charge in [0.1, 0.15) is 17.8 Å². The van der Waals surface area contributed by atoms with Crippen molar-refractivity contribution in [1.82, 2.24) is 20.2 Å². The van der Waals surface area contributed by atoms with Crippen LogP contribution in [0.5, 0.6) is 0 Å². The number of hydrogen-bond acceptors (Lipinski definition) is 5. The Morgan fingerprint density at radius 3 is 2.55 bits per heavy atom. The summed E-state index contributed by atoms with van der Waals surface area (Å²) in [5.41, 5.74) is 4.77. The molecule has 164 valence electrons. The summed E-state index contributed by atoms with van der Waals surface area (Å²) in [6.45, 7) is 4.79. The van der Waals surface area contributed by atoms with Gasteiger partial charge in [-0.1, -0.05) is 43.5 Å². The Kier molecular flexibility index (Phi) is 7.07. The lowest BCUT2D eigenvalue weighted by Gasteiger charge is -2.29. The highest BCUT2D eigenvalue weighted by Crippen LogP contribution is 2.24. The normalized spacial score (nSPS) is 17.2. The lowest BCUT2D eigenvalue weighted by Crippen LogP contribution is -2.35. The molecule has 1 aliphatic heterocycles. The lowest BCUT2D eigenvalue weighted by atomic mass is 9.89. The lowest BCUT2D eigenvalue weighted by molar-refractivity contribution is -0.116. The summed E-state index contributed by atoms with van der Waals surface area (Å²) in [5, 5.41) is 3.12. The molecule has 1 saturated carbocycles. The maximum atomic E-state index is 12.8. The predicted molar refractivity (Wildman–Crippen MR) is 120 cm³/mol. The van der Waals surface area contributed by atoms with E-state index >= 15 is 0 Å². The molecule has 2 aliphatic rings. The van der Waals surface area contributed by atoms with Gasteiger partial charge in [0.05, 0.1) is 5.69 Å². The SMILES string of the molecule is CC(=O)Cc1ccc(CN2CCc3c(ncnc3C(=O)NCC3CCCCC3)C2)cc1. The van der Waals surface area contributed by atoms with E-state index in [1.54, 1.807) is 6.92 Å². The molecule has 0 atom stereocenters. The predicted octanol–water partition coefficient (Wildman–Crippen LogP) is 3.48. The topological polar surface area (TPSA) is 75.2 Å². The van der Waals surface area contributed by atoms with Crippen LogP contribution in [0.3, 0.4) is 0 Å². The Bertz CT molecular complexity index is 920. The molecule has 0 saturated heterocycles. The summed E-state index contributed by atoms with van der Waals surface area (Å²) >= 11 is 0. The van der Waals surface area contributed by atoms with Crippen molar-refractivity contribution in [3.63, 3.8) is 0 Å². The van der Waals surface area contributed by atoms with Gasteiger partial charge in [-0.3, -0.25) is 14.5 Å². The smallest absolute Gasteiger partial charge is 0.270 e. The molecule has 1 amide bonds. The molecule has 1 N–H and O–H groups in total. The third-order valence-corrected chi connectivity index (χ3v) is 6.46. The fourth-order valence-electron chi connectivity index (χ4n) is 4.76. The Balaban J connectivity index is 1.36. The van der Waals surface area contributed by atoms with E-state index in [-0.39, 0.29) is 11.7 Å². The molecular weight excluding hydrogens is 388 g/mol. The fraction of sp³-hybridized carbons (Fsp3) is 0.520. The van der Waals surface area contributed by atoms with E-state index in [9.17, 15) is 9.59 Å². The molecule has 1 aliphatic carbocycles. The van der Waals surface area contributed by atoms with E-state index in [1.807, 2.05) is 12.1 Å². The summed E-state index contributed by atoms with van der Waals surface area (Å²) in [6.07, 6.45) is 9.10. The Hall–Kier alpha value is -2.60. The zero-order valence-corrected chi connectivity index (χ0v) is 18.4. The first kappa shape index (κ1) is 21.6. The highest BCUT2D eigenvalue weighted by atomic mass is 16.2. The molecule has 1 fully saturated rings. The number of carbonyl (C=O) groups excluding carboxylic acids is 2. The summed E-state index contributed by atoms with van der Waals surface area (Å²) < 4.78 is 0. The summed E-state index contributed by atoms with van der Waals surface area (Å²) in [5.74, 6) is 0.727. The fourth-order valence-corrected chi connectivity index (χ4v) is 4.76. The summed E-state index contributed by atoms with van der Waals surface area (Å²) in [7, 11) is 0. The van der Waals surface area contributed by atoms with E-state index in [1.165, 1.54) is 44.0 Å². The first-order chi connectivity index (χ1) is 15.1. The van der Waals surface area contributed by atoms with Crippen molar-refractivity contribution >= 4 is 11.7 Å². The van der Waals surface area contributed by atoms with Crippen LogP contribution in [0.4, 0.5) is 0 Å². The molecule has 6 heteroatoms. The average Bonchev–Trinajstić information content (AvgIpc) is 2.78. The second-order valence-corrected chi connectivity index (χ2v) is 9.02. The number of fused-ring (bicyclic) bond motifs is 1. The minimum atomic E-state index is -0.0567. The molecule has 2 heterocycles. The molecule has 0 radical (unpaired) electrons. The van der Waals surface area contributed by atoms with E-state index < -0.39 is 0 Å². The molecule has 4 rings (SSSR count). The van der Waals surface area contributed by atoms with Crippen molar-refractivity contribution in [1.29, 1.82) is 0 Å². The minimum Gasteiger partial charge on any atom is -0.350 e. The Morgan fingerprint density at radius 1 is 1.06 bits per heavy atom. The summed E-state index contributed by atoms with van der Waals surface area (Å²) in [6, 6.07) is 8.26. The molecule has 0 spiro atoms. The van der Waals surface area contributed by atoms with E-state index in [4.69, 9.17) is 0 Å². The number of carbonyl (C=O) groups is 2. The molecule has 6 nitrogen and oxygen atoms in total. The number of amides is 1. The van der Waals surface area contributed by atoms with Crippen molar-refractivity contribution in [2.24, 2.45) is 5.92 Å². The zero-order valence-electron chi connectivity index (χ0n) is 18.4. The van der Waals surface area contributed by atoms with E-state index in [2.05, 4.69) is 32.3 Å². The van der Waals surface area contributed by atoms with Crippen molar-refractivity contribution in [3.8, 4) is 0 Å². The van der Waals surface area contributed by atoms with Crippen molar-refractivity contribution in [2.75, 3.05) is 13.1 Å². The van der Waals surface area contributed by atoms with Crippen LogP contribution in [0.15, 0.2) is 30.6 Å². The third-order valence-electron chi connectivity index (χ3n) is 6.46. The molecular formula is C25H32N4O2. The van der Waals surface area contributed by atoms with Gasteiger partial charge in [0.2, 0.25) is 0 Å². The first-order valence-corrected chi connectivity index (χ1v) is 11.5. The third kappa shape index (κ3) is 5.76. The van der Waals surface area contributed by atoms with Gasteiger partial charge in [-0.25, -0.2) is 9.97 Å². The van der Waals surface area contributed by atoms with Crippen LogP contribution in [-0.2, 0) is 30.7 Å². The van der Waals surface area contributed by atoms with Gasteiger partial charge in [-0.15, -0.1) is 0 Å². The number of aromatic nitrogens is 2. The Labute approximate surface area is 184 Å². The average molecular weight is 421 g/mol. The van der Waals surface area contributed by atoms with Crippen LogP contribution in [-0.4, -0.2) is 39.6 Å². The van der Waals surface area contributed by atoms with Crippen LogP contribution >= 0.6 is 0 Å². The Morgan fingerprint density at radius 2 is 1.81 bits per heavy atom. The van der Waals surface area contributed by atoms with Crippen LogP contribution in [0.25, 0.3) is 0 Å². The molecule has 31 heavy (non-hydrogen) atoms. The standard InChI is InChI=1S/C25H32N4O2/c1-18(30)13-19-7-9-21(10-8-19)15-29-12-11-22-23(16-29)27-17-28-24(22)25(31)26-14-20-5-3-2-4-6-20/h7-10,17,20H,2-6,11-16H2,1H3,(H,26,31). The summed E-state index contributed by atoms with van der Waals surface area (Å²) in [4.78, 5) is 35.2. The van der Waals surface area contributed by atoms with Crippen molar-refractivity contribution in [3.05, 3.63) is 58.7 Å². The zero-order chi connectivity index (χ0) is 21.6. The minimum absolute atomic E-state index is 0.0567. The highest BCUT2D eigenvalue weighted by Gasteiger charge is 2.24. The quantitative estimate of drug-likeness (QED) is 0.742. The molecule has 1 aromatic carbocycles. The number of nitrogens with one attached hydrogen (secondary N) is 1. The van der Waals surface area contributed by atoms with Crippen LogP contribution in [0, 0.1) is 5.92 Å². The highest BCUT2D eigenvalue weighted by molar-refractivity contribution is 5.93. The van der Waals surface area contributed by atoms with Gasteiger partial charge in [0.25, 0.3) is 5.91 Å². The number of ketones is 1. The molecule has 1 aromatic heterocycles. The van der Waals surface area contributed by atoms with Gasteiger partial charge in [-0.05, 0) is 43.2 Å². The molecule has 2 aromatic rings. The van der Waals surface area contributed by atoms with Crippen molar-refractivity contribution in [2.45, 2.75) is 65.0 Å². The molecule has 0 bridgehead atoms. The number of rotatable bonds is 7. The second-order valence-electron chi connectivity index (χ2n) is 9.02. The molecule has 0 unspecified atom stereocenters. The second kappa shape index (κ2) is 10.1. The van der Waals surface area contributed by atoms with Gasteiger partial charge < -0.3 is 5.32 Å². The number of nitrogens with zero attached hydrogens (tertiary/aromatic N) is 3. The van der Waals surface area contributed by atoms with E-state index in [0.29, 0.717) is 18.0 Å². The van der Waals surface area contributed by atoms with Gasteiger partial charge in [0, 0.05) is 38.2 Å². The largest absolute Gasteiger partial charge is 0.350 e.